The normalized spacial score (nSPS) is 12.8. The maximum atomic E-state index is 11.9. The number of hydrogen-bond donors (Lipinski definition) is 1. The molecule has 3 aromatic carbocycles. The molecule has 134 valence electrons. The average Bonchev–Trinajstić information content (AvgIpc) is 2.67. The van der Waals surface area contributed by atoms with Gasteiger partial charge in [-0.3, -0.25) is 4.79 Å². The molecule has 3 heteroatoms. The number of rotatable bonds is 5. The molecule has 0 fully saturated rings. The van der Waals surface area contributed by atoms with Gasteiger partial charge < -0.3 is 9.84 Å². The molecule has 0 radical (unpaired) electrons. The highest BCUT2D eigenvalue weighted by molar-refractivity contribution is 5.83. The molecule has 0 saturated carbocycles. The zero-order chi connectivity index (χ0) is 18.7. The summed E-state index contributed by atoms with van der Waals surface area (Å²) in [7, 11) is 1.34. The number of ether oxygens (including phenoxy) is 1. The first-order valence-corrected chi connectivity index (χ1v) is 8.75. The summed E-state index contributed by atoms with van der Waals surface area (Å²) in [6.45, 7) is 3.37. The van der Waals surface area contributed by atoms with E-state index in [9.17, 15) is 9.90 Å². The molecule has 1 unspecified atom stereocenters. The SMILES string of the molecule is COC(=O)C(C)(C)C(O)c1ccc(Cc2ccc3ccccc3c2)cc1. The van der Waals surface area contributed by atoms with Gasteiger partial charge >= 0.3 is 5.97 Å². The Hall–Kier alpha value is -2.65. The van der Waals surface area contributed by atoms with Crippen LogP contribution in [0, 0.1) is 5.41 Å². The number of hydrogen-bond acceptors (Lipinski definition) is 3. The molecule has 0 aliphatic heterocycles. The standard InChI is InChI=1S/C23H24O3/c1-23(2,22(25)26-3)21(24)19-12-8-16(9-13-19)14-17-10-11-18-6-4-5-7-20(18)15-17/h4-13,15,21,24H,14H2,1-3H3. The summed E-state index contributed by atoms with van der Waals surface area (Å²) < 4.78 is 4.80. The minimum atomic E-state index is -0.991. The van der Waals surface area contributed by atoms with Crippen molar-refractivity contribution < 1.29 is 14.6 Å². The Balaban J connectivity index is 1.77. The van der Waals surface area contributed by atoms with Crippen molar-refractivity contribution in [2.75, 3.05) is 7.11 Å². The number of carbonyl (C=O) groups excluding carboxylic acids is 1. The summed E-state index contributed by atoms with van der Waals surface area (Å²) in [5.41, 5.74) is 2.12. The number of carbonyl (C=O) groups is 1. The maximum Gasteiger partial charge on any atom is 0.314 e. The molecule has 3 nitrogen and oxygen atoms in total. The Kier molecular flexibility index (Phi) is 5.10. The topological polar surface area (TPSA) is 46.5 Å². The van der Waals surface area contributed by atoms with Gasteiger partial charge in [-0.15, -0.1) is 0 Å². The van der Waals surface area contributed by atoms with Crippen molar-refractivity contribution in [2.24, 2.45) is 5.41 Å². The second kappa shape index (κ2) is 7.30. The predicted molar refractivity (Wildman–Crippen MR) is 104 cm³/mol. The van der Waals surface area contributed by atoms with Crippen LogP contribution in [-0.4, -0.2) is 18.2 Å². The minimum absolute atomic E-state index is 0.426. The number of esters is 1. The van der Waals surface area contributed by atoms with Gasteiger partial charge in [-0.2, -0.15) is 0 Å². The fourth-order valence-corrected chi connectivity index (χ4v) is 3.19. The summed E-state index contributed by atoms with van der Waals surface area (Å²) in [5, 5.41) is 13.0. The van der Waals surface area contributed by atoms with Gasteiger partial charge in [0, 0.05) is 0 Å². The third-order valence-electron chi connectivity index (χ3n) is 4.91. The molecular formula is C23H24O3. The first-order valence-electron chi connectivity index (χ1n) is 8.75. The Bertz CT molecular complexity index is 910. The molecule has 3 aromatic rings. The number of benzene rings is 3. The summed E-state index contributed by atoms with van der Waals surface area (Å²) >= 11 is 0. The Morgan fingerprint density at radius 3 is 2.23 bits per heavy atom. The zero-order valence-electron chi connectivity index (χ0n) is 15.4. The highest BCUT2D eigenvalue weighted by Crippen LogP contribution is 2.34. The lowest BCUT2D eigenvalue weighted by atomic mass is 9.82. The third-order valence-corrected chi connectivity index (χ3v) is 4.91. The van der Waals surface area contributed by atoms with Crippen LogP contribution in [-0.2, 0) is 16.0 Å². The molecule has 26 heavy (non-hydrogen) atoms. The van der Waals surface area contributed by atoms with Gasteiger partial charge in [0.15, 0.2) is 0 Å². The number of aliphatic hydroxyl groups is 1. The zero-order valence-corrected chi connectivity index (χ0v) is 15.4. The van der Waals surface area contributed by atoms with Gasteiger partial charge in [-0.25, -0.2) is 0 Å². The highest BCUT2D eigenvalue weighted by Gasteiger charge is 2.37. The first kappa shape index (κ1) is 18.2. The van der Waals surface area contributed by atoms with Crippen LogP contribution in [0.5, 0.6) is 0 Å². The van der Waals surface area contributed by atoms with Gasteiger partial charge in [0.25, 0.3) is 0 Å². The summed E-state index contributed by atoms with van der Waals surface area (Å²) in [4.78, 5) is 11.9. The lowest BCUT2D eigenvalue weighted by Crippen LogP contribution is -2.32. The van der Waals surface area contributed by atoms with E-state index in [1.165, 1.54) is 23.4 Å². The van der Waals surface area contributed by atoms with E-state index in [1.54, 1.807) is 13.8 Å². The lowest BCUT2D eigenvalue weighted by molar-refractivity contribution is -0.157. The van der Waals surface area contributed by atoms with Crippen LogP contribution in [0.25, 0.3) is 10.8 Å². The van der Waals surface area contributed by atoms with E-state index in [4.69, 9.17) is 4.74 Å². The number of aliphatic hydroxyl groups excluding tert-OH is 1. The number of methoxy groups -OCH3 is 1. The maximum absolute atomic E-state index is 11.9. The molecule has 0 amide bonds. The Morgan fingerprint density at radius 2 is 1.58 bits per heavy atom. The third kappa shape index (κ3) is 3.63. The molecule has 0 aliphatic rings. The molecule has 0 bridgehead atoms. The van der Waals surface area contributed by atoms with Gasteiger partial charge in [-0.05, 0) is 47.7 Å². The molecule has 0 spiro atoms. The van der Waals surface area contributed by atoms with Crippen molar-refractivity contribution >= 4 is 16.7 Å². The molecular weight excluding hydrogens is 324 g/mol. The molecule has 0 aromatic heterocycles. The van der Waals surface area contributed by atoms with E-state index in [0.717, 1.165) is 12.0 Å². The van der Waals surface area contributed by atoms with E-state index in [-0.39, 0.29) is 0 Å². The molecule has 0 heterocycles. The molecule has 1 N–H and O–H groups in total. The van der Waals surface area contributed by atoms with Crippen LogP contribution in [0.2, 0.25) is 0 Å². The fraction of sp³-hybridized carbons (Fsp3) is 0.261. The van der Waals surface area contributed by atoms with Crippen LogP contribution in [0.1, 0.15) is 36.6 Å². The van der Waals surface area contributed by atoms with Crippen LogP contribution in [0.3, 0.4) is 0 Å². The van der Waals surface area contributed by atoms with E-state index < -0.39 is 17.5 Å². The van der Waals surface area contributed by atoms with Crippen molar-refractivity contribution in [3.8, 4) is 0 Å². The van der Waals surface area contributed by atoms with Gasteiger partial charge in [0.2, 0.25) is 0 Å². The van der Waals surface area contributed by atoms with E-state index in [1.807, 2.05) is 36.4 Å². The van der Waals surface area contributed by atoms with Crippen molar-refractivity contribution in [2.45, 2.75) is 26.4 Å². The van der Waals surface area contributed by atoms with Gasteiger partial charge in [-0.1, -0.05) is 66.7 Å². The summed E-state index contributed by atoms with van der Waals surface area (Å²) in [6.07, 6.45) is -0.0913. The second-order valence-electron chi connectivity index (χ2n) is 7.22. The number of fused-ring (bicyclic) bond motifs is 1. The van der Waals surface area contributed by atoms with Crippen molar-refractivity contribution in [3.05, 3.63) is 83.4 Å². The van der Waals surface area contributed by atoms with Crippen molar-refractivity contribution in [3.63, 3.8) is 0 Å². The second-order valence-corrected chi connectivity index (χ2v) is 7.22. The van der Waals surface area contributed by atoms with Crippen LogP contribution < -0.4 is 0 Å². The highest BCUT2D eigenvalue weighted by atomic mass is 16.5. The van der Waals surface area contributed by atoms with Crippen LogP contribution in [0.15, 0.2) is 66.7 Å². The fourth-order valence-electron chi connectivity index (χ4n) is 3.19. The van der Waals surface area contributed by atoms with E-state index >= 15 is 0 Å². The Morgan fingerprint density at radius 1 is 0.962 bits per heavy atom. The van der Waals surface area contributed by atoms with E-state index in [0.29, 0.717) is 5.56 Å². The molecule has 0 saturated heterocycles. The quantitative estimate of drug-likeness (QED) is 0.682. The largest absolute Gasteiger partial charge is 0.469 e. The summed E-state index contributed by atoms with van der Waals surface area (Å²) in [5.74, 6) is -0.426. The monoisotopic (exact) mass is 348 g/mol. The van der Waals surface area contributed by atoms with Crippen molar-refractivity contribution in [1.82, 2.24) is 0 Å². The summed E-state index contributed by atoms with van der Waals surface area (Å²) in [6, 6.07) is 22.6. The smallest absolute Gasteiger partial charge is 0.314 e. The van der Waals surface area contributed by atoms with Crippen LogP contribution >= 0.6 is 0 Å². The first-order chi connectivity index (χ1) is 12.4. The predicted octanol–water partition coefficient (Wildman–Crippen LogP) is 4.66. The molecule has 3 rings (SSSR count). The van der Waals surface area contributed by atoms with Crippen molar-refractivity contribution in [1.29, 1.82) is 0 Å². The molecule has 1 atom stereocenters. The van der Waals surface area contributed by atoms with Gasteiger partial charge in [0.05, 0.1) is 18.6 Å². The van der Waals surface area contributed by atoms with E-state index in [2.05, 4.69) is 30.3 Å². The minimum Gasteiger partial charge on any atom is -0.469 e. The van der Waals surface area contributed by atoms with Gasteiger partial charge in [0.1, 0.15) is 0 Å². The average molecular weight is 348 g/mol. The lowest BCUT2D eigenvalue weighted by Gasteiger charge is -2.27. The Labute approximate surface area is 154 Å². The van der Waals surface area contributed by atoms with Crippen LogP contribution in [0.4, 0.5) is 0 Å². The molecule has 0 aliphatic carbocycles.